The SMILES string of the molecule is CCc1nnc(C2(C[C@H](C)N)c3ccc(CNC=O)cc3CCc3cc(CNC=O)ccc32)o1. The monoisotopic (exact) mass is 461 g/mol. The number of hydrogen-bond donors (Lipinski definition) is 3. The molecule has 1 atom stereocenters. The van der Waals surface area contributed by atoms with Gasteiger partial charge in [0.2, 0.25) is 24.6 Å². The number of amides is 2. The molecule has 2 amide bonds. The highest BCUT2D eigenvalue weighted by molar-refractivity contribution is 5.56. The van der Waals surface area contributed by atoms with E-state index in [4.69, 9.17) is 10.2 Å². The Morgan fingerprint density at radius 1 is 1.00 bits per heavy atom. The van der Waals surface area contributed by atoms with E-state index in [9.17, 15) is 9.59 Å². The van der Waals surface area contributed by atoms with Gasteiger partial charge >= 0.3 is 0 Å². The number of nitrogens with one attached hydrogen (secondary N) is 2. The lowest BCUT2D eigenvalue weighted by atomic mass is 9.68. The van der Waals surface area contributed by atoms with Gasteiger partial charge in [0.1, 0.15) is 5.41 Å². The van der Waals surface area contributed by atoms with Crippen molar-refractivity contribution in [1.82, 2.24) is 20.8 Å². The molecule has 1 aliphatic carbocycles. The second kappa shape index (κ2) is 10.2. The van der Waals surface area contributed by atoms with Crippen LogP contribution in [-0.2, 0) is 47.4 Å². The summed E-state index contributed by atoms with van der Waals surface area (Å²) in [6.07, 6.45) is 4.29. The summed E-state index contributed by atoms with van der Waals surface area (Å²) in [6.45, 7) is 4.91. The van der Waals surface area contributed by atoms with Gasteiger partial charge in [0.05, 0.1) is 0 Å². The molecule has 1 aromatic heterocycles. The average molecular weight is 462 g/mol. The fraction of sp³-hybridized carbons (Fsp3) is 0.385. The zero-order valence-corrected chi connectivity index (χ0v) is 19.6. The van der Waals surface area contributed by atoms with E-state index in [0.29, 0.717) is 50.5 Å². The summed E-state index contributed by atoms with van der Waals surface area (Å²) >= 11 is 0. The maximum Gasteiger partial charge on any atom is 0.231 e. The van der Waals surface area contributed by atoms with E-state index < -0.39 is 5.41 Å². The number of fused-ring (bicyclic) bond motifs is 2. The topological polar surface area (TPSA) is 123 Å². The van der Waals surface area contributed by atoms with E-state index in [1.165, 1.54) is 11.1 Å². The van der Waals surface area contributed by atoms with Gasteiger partial charge in [0, 0.05) is 25.6 Å². The van der Waals surface area contributed by atoms with Crippen molar-refractivity contribution < 1.29 is 14.0 Å². The molecule has 4 N–H and O–H groups in total. The van der Waals surface area contributed by atoms with Crippen molar-refractivity contribution in [2.45, 2.75) is 64.1 Å². The van der Waals surface area contributed by atoms with Crippen LogP contribution >= 0.6 is 0 Å². The zero-order chi connectivity index (χ0) is 24.1. The molecule has 2 aromatic carbocycles. The second-order valence-electron chi connectivity index (χ2n) is 8.92. The standard InChI is InChI=1S/C26H31N5O3/c1-3-24-30-31-25(34-24)26(12-17(2)27)22-8-4-18(13-28-15-32)10-20(22)6-7-21-11-19(14-29-16-33)5-9-23(21)26/h4-5,8-11,15-17H,3,6-7,12-14,27H2,1-2H3,(H,28,32)(H,29,33)/t17-/m0/s1. The van der Waals surface area contributed by atoms with Crippen LogP contribution in [-0.4, -0.2) is 29.1 Å². The maximum absolute atomic E-state index is 10.8. The van der Waals surface area contributed by atoms with E-state index >= 15 is 0 Å². The predicted molar refractivity (Wildman–Crippen MR) is 128 cm³/mol. The summed E-state index contributed by atoms with van der Waals surface area (Å²) in [7, 11) is 0. The van der Waals surface area contributed by atoms with Crippen molar-refractivity contribution >= 4 is 12.8 Å². The molecule has 1 aliphatic rings. The molecule has 0 saturated heterocycles. The van der Waals surface area contributed by atoms with Crippen LogP contribution in [0.2, 0.25) is 0 Å². The first-order valence-electron chi connectivity index (χ1n) is 11.7. The Morgan fingerprint density at radius 2 is 1.56 bits per heavy atom. The minimum atomic E-state index is -0.705. The molecule has 8 heteroatoms. The lowest BCUT2D eigenvalue weighted by molar-refractivity contribution is -0.110. The smallest absolute Gasteiger partial charge is 0.231 e. The quantitative estimate of drug-likeness (QED) is 0.398. The molecule has 0 saturated carbocycles. The molecule has 178 valence electrons. The van der Waals surface area contributed by atoms with Crippen LogP contribution in [0, 0.1) is 0 Å². The summed E-state index contributed by atoms with van der Waals surface area (Å²) in [5.74, 6) is 1.13. The van der Waals surface area contributed by atoms with Gasteiger partial charge in [0.25, 0.3) is 0 Å². The van der Waals surface area contributed by atoms with Crippen LogP contribution in [0.4, 0.5) is 0 Å². The Morgan fingerprint density at radius 3 is 2.00 bits per heavy atom. The summed E-state index contributed by atoms with van der Waals surface area (Å²) in [4.78, 5) is 21.7. The van der Waals surface area contributed by atoms with Crippen molar-refractivity contribution in [3.8, 4) is 0 Å². The largest absolute Gasteiger partial charge is 0.424 e. The first-order chi connectivity index (χ1) is 16.5. The third-order valence-corrected chi connectivity index (χ3v) is 6.46. The normalized spacial score (nSPS) is 14.9. The second-order valence-corrected chi connectivity index (χ2v) is 8.92. The predicted octanol–water partition coefficient (Wildman–Crippen LogP) is 2.29. The number of hydrogen-bond acceptors (Lipinski definition) is 6. The van der Waals surface area contributed by atoms with Gasteiger partial charge in [0.15, 0.2) is 0 Å². The Hall–Kier alpha value is -3.52. The van der Waals surface area contributed by atoms with Crippen LogP contribution in [0.15, 0.2) is 40.8 Å². The van der Waals surface area contributed by atoms with Gasteiger partial charge in [-0.15, -0.1) is 10.2 Å². The Bertz CT molecular complexity index is 1110. The molecule has 0 radical (unpaired) electrons. The fourth-order valence-electron chi connectivity index (χ4n) is 5.08. The van der Waals surface area contributed by atoms with Gasteiger partial charge < -0.3 is 20.8 Å². The lowest BCUT2D eigenvalue weighted by Gasteiger charge is -2.35. The summed E-state index contributed by atoms with van der Waals surface area (Å²) in [5, 5.41) is 14.3. The Balaban J connectivity index is 1.96. The van der Waals surface area contributed by atoms with Gasteiger partial charge in [-0.25, -0.2) is 0 Å². The van der Waals surface area contributed by atoms with Crippen LogP contribution in [0.25, 0.3) is 0 Å². The van der Waals surface area contributed by atoms with E-state index in [1.54, 1.807) is 0 Å². The van der Waals surface area contributed by atoms with Crippen molar-refractivity contribution in [3.05, 3.63) is 81.6 Å². The number of aryl methyl sites for hydroxylation is 3. The molecule has 0 fully saturated rings. The Kier molecular flexibility index (Phi) is 7.07. The average Bonchev–Trinajstić information content (AvgIpc) is 3.29. The van der Waals surface area contributed by atoms with Gasteiger partial charge in [-0.05, 0) is 59.6 Å². The zero-order valence-electron chi connectivity index (χ0n) is 19.6. The first kappa shape index (κ1) is 23.6. The number of benzene rings is 2. The molecular weight excluding hydrogens is 430 g/mol. The van der Waals surface area contributed by atoms with E-state index in [-0.39, 0.29) is 6.04 Å². The molecule has 1 heterocycles. The number of rotatable bonds is 10. The highest BCUT2D eigenvalue weighted by Crippen LogP contribution is 2.47. The number of nitrogens with zero attached hydrogens (tertiary/aromatic N) is 2. The molecule has 3 aromatic rings. The molecule has 0 unspecified atom stereocenters. The Labute approximate surface area is 199 Å². The van der Waals surface area contributed by atoms with Crippen LogP contribution in [0.1, 0.15) is 65.4 Å². The first-order valence-corrected chi connectivity index (χ1v) is 11.7. The maximum atomic E-state index is 10.8. The molecular formula is C26H31N5O3. The molecule has 4 rings (SSSR count). The number of carbonyl (C=O) groups is 2. The van der Waals surface area contributed by atoms with E-state index in [0.717, 1.165) is 35.1 Å². The number of nitrogens with two attached hydrogens (primary N) is 1. The molecule has 34 heavy (non-hydrogen) atoms. The number of carbonyl (C=O) groups excluding carboxylic acids is 2. The van der Waals surface area contributed by atoms with Crippen molar-refractivity contribution in [2.24, 2.45) is 5.73 Å². The van der Waals surface area contributed by atoms with Crippen molar-refractivity contribution in [1.29, 1.82) is 0 Å². The third kappa shape index (κ3) is 4.46. The van der Waals surface area contributed by atoms with Crippen molar-refractivity contribution in [3.63, 3.8) is 0 Å². The summed E-state index contributed by atoms with van der Waals surface area (Å²) < 4.78 is 6.24. The molecule has 0 bridgehead atoms. The third-order valence-electron chi connectivity index (χ3n) is 6.46. The fourth-order valence-corrected chi connectivity index (χ4v) is 5.08. The van der Waals surface area contributed by atoms with Crippen LogP contribution in [0.3, 0.4) is 0 Å². The van der Waals surface area contributed by atoms with Gasteiger partial charge in [-0.1, -0.05) is 43.3 Å². The highest BCUT2D eigenvalue weighted by Gasteiger charge is 2.46. The van der Waals surface area contributed by atoms with Gasteiger partial charge in [-0.2, -0.15) is 0 Å². The molecule has 0 spiro atoms. The van der Waals surface area contributed by atoms with Crippen LogP contribution in [0.5, 0.6) is 0 Å². The minimum Gasteiger partial charge on any atom is -0.424 e. The van der Waals surface area contributed by atoms with E-state index in [1.807, 2.05) is 26.0 Å². The summed E-state index contributed by atoms with van der Waals surface area (Å²) in [6, 6.07) is 12.5. The van der Waals surface area contributed by atoms with E-state index in [2.05, 4.69) is 45.1 Å². The van der Waals surface area contributed by atoms with Gasteiger partial charge in [-0.3, -0.25) is 9.59 Å². The number of aromatic nitrogens is 2. The molecule has 0 aliphatic heterocycles. The summed E-state index contributed by atoms with van der Waals surface area (Å²) in [5.41, 5.74) is 12.4. The minimum absolute atomic E-state index is 0.136. The van der Waals surface area contributed by atoms with Crippen LogP contribution < -0.4 is 16.4 Å². The molecule has 8 nitrogen and oxygen atoms in total. The lowest BCUT2D eigenvalue weighted by Crippen LogP contribution is -2.37. The highest BCUT2D eigenvalue weighted by atomic mass is 16.4. The van der Waals surface area contributed by atoms with Crippen molar-refractivity contribution in [2.75, 3.05) is 0 Å².